The molecule has 1 saturated carbocycles. The lowest BCUT2D eigenvalue weighted by molar-refractivity contribution is -0.141. The number of furan rings is 1. The van der Waals surface area contributed by atoms with Crippen LogP contribution in [0.25, 0.3) is 22.2 Å². The Balaban J connectivity index is 0.00000132. The number of methoxy groups -OCH3 is 2. The van der Waals surface area contributed by atoms with Gasteiger partial charge in [-0.05, 0) is 42.5 Å². The summed E-state index contributed by atoms with van der Waals surface area (Å²) in [5, 5.41) is 1.06. The summed E-state index contributed by atoms with van der Waals surface area (Å²) in [6.45, 7) is 4.06. The number of carbonyl (C=O) groups is 2. The predicted molar refractivity (Wildman–Crippen MR) is 120 cm³/mol. The highest BCUT2D eigenvalue weighted by atomic mass is 16.5. The van der Waals surface area contributed by atoms with E-state index in [4.69, 9.17) is 13.9 Å². The van der Waals surface area contributed by atoms with Crippen molar-refractivity contribution < 1.29 is 23.5 Å². The number of nitrogens with zero attached hydrogens (tertiary/aromatic N) is 1. The van der Waals surface area contributed by atoms with Gasteiger partial charge in [0.1, 0.15) is 6.54 Å². The van der Waals surface area contributed by atoms with Crippen molar-refractivity contribution in [3.05, 3.63) is 47.9 Å². The van der Waals surface area contributed by atoms with E-state index in [0.717, 1.165) is 35.0 Å². The summed E-state index contributed by atoms with van der Waals surface area (Å²) in [7, 11) is 2.75. The van der Waals surface area contributed by atoms with Gasteiger partial charge in [-0.2, -0.15) is 0 Å². The zero-order chi connectivity index (χ0) is 22.4. The van der Waals surface area contributed by atoms with Crippen LogP contribution in [0.15, 0.2) is 41.2 Å². The van der Waals surface area contributed by atoms with E-state index in [-0.39, 0.29) is 12.5 Å². The number of carbonyl (C=O) groups excluding carboxylic acids is 2. The number of benzene rings is 1. The summed E-state index contributed by atoms with van der Waals surface area (Å²) >= 11 is 0. The van der Waals surface area contributed by atoms with E-state index >= 15 is 0 Å². The van der Waals surface area contributed by atoms with Gasteiger partial charge in [0.2, 0.25) is 0 Å². The highest BCUT2D eigenvalue weighted by Gasteiger charge is 2.28. The summed E-state index contributed by atoms with van der Waals surface area (Å²) in [5.74, 6) is -0.342. The van der Waals surface area contributed by atoms with E-state index in [1.165, 1.54) is 39.0 Å². The van der Waals surface area contributed by atoms with Crippen molar-refractivity contribution in [2.45, 2.75) is 58.4 Å². The second-order valence-electron chi connectivity index (χ2n) is 7.50. The number of hydrogen-bond acceptors (Lipinski definition) is 5. The fourth-order valence-electron chi connectivity index (χ4n) is 4.49. The van der Waals surface area contributed by atoms with Crippen molar-refractivity contribution in [3.63, 3.8) is 0 Å². The van der Waals surface area contributed by atoms with Gasteiger partial charge in [-0.3, -0.25) is 4.79 Å². The number of aromatic nitrogens is 1. The summed E-state index contributed by atoms with van der Waals surface area (Å²) in [4.78, 5) is 24.4. The first kappa shape index (κ1) is 22.7. The maximum atomic E-state index is 12.2. The molecule has 166 valence electrons. The van der Waals surface area contributed by atoms with E-state index in [0.29, 0.717) is 11.5 Å². The van der Waals surface area contributed by atoms with E-state index in [1.807, 2.05) is 30.5 Å². The third-order valence-electron chi connectivity index (χ3n) is 5.85. The Hall–Kier alpha value is -3.02. The Labute approximate surface area is 183 Å². The summed E-state index contributed by atoms with van der Waals surface area (Å²) in [5.41, 5.74) is 4.40. The summed E-state index contributed by atoms with van der Waals surface area (Å²) < 4.78 is 17.2. The molecule has 6 nitrogen and oxygen atoms in total. The number of hydrogen-bond donors (Lipinski definition) is 0. The van der Waals surface area contributed by atoms with Crippen molar-refractivity contribution in [3.8, 4) is 11.3 Å². The Morgan fingerprint density at radius 2 is 1.81 bits per heavy atom. The monoisotopic (exact) mass is 425 g/mol. The molecule has 2 heterocycles. The number of ether oxygens (including phenoxy) is 2. The van der Waals surface area contributed by atoms with Gasteiger partial charge in [0.25, 0.3) is 0 Å². The molecule has 1 aliphatic rings. The smallest absolute Gasteiger partial charge is 0.337 e. The van der Waals surface area contributed by atoms with Gasteiger partial charge >= 0.3 is 11.9 Å². The van der Waals surface area contributed by atoms with Gasteiger partial charge in [-0.15, -0.1) is 0 Å². The molecule has 0 saturated heterocycles. The number of esters is 2. The minimum Gasteiger partial charge on any atom is -0.472 e. The minimum absolute atomic E-state index is 0.0604. The highest BCUT2D eigenvalue weighted by molar-refractivity contribution is 5.99. The molecule has 2 aromatic heterocycles. The molecular weight excluding hydrogens is 394 g/mol. The van der Waals surface area contributed by atoms with E-state index < -0.39 is 5.97 Å². The molecule has 1 aliphatic carbocycles. The van der Waals surface area contributed by atoms with Gasteiger partial charge in [-0.1, -0.05) is 39.2 Å². The average molecular weight is 426 g/mol. The molecule has 31 heavy (non-hydrogen) atoms. The lowest BCUT2D eigenvalue weighted by Gasteiger charge is -2.23. The van der Waals surface area contributed by atoms with Crippen LogP contribution in [0.2, 0.25) is 0 Å². The third kappa shape index (κ3) is 4.53. The number of fused-ring (bicyclic) bond motifs is 1. The van der Waals surface area contributed by atoms with Crippen molar-refractivity contribution in [1.82, 2.24) is 4.57 Å². The SMILES string of the molecule is CC.COC(=O)Cn1c(-c2ccoc2)c(C2CCCCC2)c2ccc(C(=O)OC)cc21. The topological polar surface area (TPSA) is 70.7 Å². The zero-order valence-corrected chi connectivity index (χ0v) is 18.8. The van der Waals surface area contributed by atoms with Crippen LogP contribution in [0.3, 0.4) is 0 Å². The van der Waals surface area contributed by atoms with Gasteiger partial charge in [-0.25, -0.2) is 4.79 Å². The molecule has 0 spiro atoms. The van der Waals surface area contributed by atoms with Crippen molar-refractivity contribution in [2.24, 2.45) is 0 Å². The molecule has 0 atom stereocenters. The fraction of sp³-hybridized carbons (Fsp3) is 0.440. The Kier molecular flexibility index (Phi) is 7.55. The maximum absolute atomic E-state index is 12.2. The van der Waals surface area contributed by atoms with Gasteiger partial charge in [0, 0.05) is 10.9 Å². The minimum atomic E-state index is -0.401. The van der Waals surface area contributed by atoms with Crippen LogP contribution in [0, 0.1) is 0 Å². The second kappa shape index (κ2) is 10.3. The largest absolute Gasteiger partial charge is 0.472 e. The van der Waals surface area contributed by atoms with Crippen LogP contribution in [0.4, 0.5) is 0 Å². The molecule has 0 amide bonds. The standard InChI is InChI=1S/C23H25NO5.C2H6/c1-27-20(25)13-24-19-12-16(23(26)28-2)8-9-18(19)21(15-6-4-3-5-7-15)22(24)17-10-11-29-14-17;1-2/h8-12,14-15H,3-7,13H2,1-2H3;1-2H3. The Bertz CT molecular complexity index is 1030. The van der Waals surface area contributed by atoms with Crippen molar-refractivity contribution in [1.29, 1.82) is 0 Å². The van der Waals surface area contributed by atoms with Crippen molar-refractivity contribution in [2.75, 3.05) is 14.2 Å². The van der Waals surface area contributed by atoms with Crippen LogP contribution in [-0.4, -0.2) is 30.7 Å². The van der Waals surface area contributed by atoms with Crippen LogP contribution in [0.5, 0.6) is 0 Å². The third-order valence-corrected chi connectivity index (χ3v) is 5.85. The fourth-order valence-corrected chi connectivity index (χ4v) is 4.49. The van der Waals surface area contributed by atoms with Crippen LogP contribution in [-0.2, 0) is 20.8 Å². The number of rotatable bonds is 5. The lowest BCUT2D eigenvalue weighted by atomic mass is 9.82. The Morgan fingerprint density at radius 1 is 1.06 bits per heavy atom. The first-order valence-electron chi connectivity index (χ1n) is 11.0. The van der Waals surface area contributed by atoms with E-state index in [1.54, 1.807) is 24.7 Å². The quantitative estimate of drug-likeness (QED) is 0.474. The molecule has 1 fully saturated rings. The molecule has 1 aromatic carbocycles. The molecular formula is C25H31NO5. The van der Waals surface area contributed by atoms with Gasteiger partial charge in [0.05, 0.1) is 43.5 Å². The maximum Gasteiger partial charge on any atom is 0.337 e. The first-order chi connectivity index (χ1) is 15.1. The average Bonchev–Trinajstić information content (AvgIpc) is 3.46. The van der Waals surface area contributed by atoms with Crippen LogP contribution in [0.1, 0.15) is 67.8 Å². The molecule has 3 aromatic rings. The first-order valence-corrected chi connectivity index (χ1v) is 11.0. The molecule has 0 unspecified atom stereocenters. The molecule has 0 aliphatic heterocycles. The normalized spacial score (nSPS) is 14.1. The lowest BCUT2D eigenvalue weighted by Crippen LogP contribution is -2.13. The molecule has 0 radical (unpaired) electrons. The van der Waals surface area contributed by atoms with Gasteiger partial charge < -0.3 is 18.5 Å². The molecule has 0 N–H and O–H groups in total. The summed E-state index contributed by atoms with van der Waals surface area (Å²) in [6.07, 6.45) is 9.21. The van der Waals surface area contributed by atoms with E-state index in [9.17, 15) is 9.59 Å². The molecule has 0 bridgehead atoms. The van der Waals surface area contributed by atoms with Crippen LogP contribution >= 0.6 is 0 Å². The van der Waals surface area contributed by atoms with Crippen molar-refractivity contribution >= 4 is 22.8 Å². The summed E-state index contributed by atoms with van der Waals surface area (Å²) in [6, 6.07) is 7.49. The molecule has 4 rings (SSSR count). The highest BCUT2D eigenvalue weighted by Crippen LogP contribution is 2.44. The molecule has 6 heteroatoms. The van der Waals surface area contributed by atoms with Crippen LogP contribution < -0.4 is 0 Å². The van der Waals surface area contributed by atoms with Gasteiger partial charge in [0.15, 0.2) is 0 Å². The van der Waals surface area contributed by atoms with E-state index in [2.05, 4.69) is 0 Å². The Morgan fingerprint density at radius 3 is 2.42 bits per heavy atom. The predicted octanol–water partition coefficient (Wildman–Crippen LogP) is 5.93. The second-order valence-corrected chi connectivity index (χ2v) is 7.50. The zero-order valence-electron chi connectivity index (χ0n) is 18.8.